The zero-order chi connectivity index (χ0) is 29.8. The van der Waals surface area contributed by atoms with Crippen LogP contribution in [0.1, 0.15) is 43.7 Å². The molecule has 0 heterocycles. The van der Waals surface area contributed by atoms with Gasteiger partial charge in [-0.05, 0) is 77.1 Å². The van der Waals surface area contributed by atoms with Gasteiger partial charge in [-0.2, -0.15) is 0 Å². The second-order valence-electron chi connectivity index (χ2n) is 10.7. The van der Waals surface area contributed by atoms with E-state index in [0.717, 1.165) is 23.1 Å². The van der Waals surface area contributed by atoms with Gasteiger partial charge in [-0.25, -0.2) is 0 Å². The summed E-state index contributed by atoms with van der Waals surface area (Å²) in [4.78, 5) is 39.3. The van der Waals surface area contributed by atoms with E-state index in [1.54, 1.807) is 48.5 Å². The van der Waals surface area contributed by atoms with Crippen molar-refractivity contribution in [3.05, 3.63) is 160 Å². The highest BCUT2D eigenvalue weighted by Gasteiger charge is 2.19. The van der Waals surface area contributed by atoms with Gasteiger partial charge in [0.25, 0.3) is 0 Å². The van der Waals surface area contributed by atoms with Crippen LogP contribution in [0, 0.1) is 6.92 Å². The van der Waals surface area contributed by atoms with Crippen molar-refractivity contribution in [2.75, 3.05) is 10.6 Å². The van der Waals surface area contributed by atoms with Crippen LogP contribution in [0.3, 0.4) is 0 Å². The SMILES string of the molecule is Cc1ccc(CC(=O)Nc2ccc(NC(=O)/C=C/c3ccc4c(c3)-c3ccccc3C4)cc2C(=O)c2ccccc2)cc1. The minimum Gasteiger partial charge on any atom is -0.325 e. The number of benzene rings is 5. The van der Waals surface area contributed by atoms with Crippen LogP contribution >= 0.6 is 0 Å². The Morgan fingerprint density at radius 2 is 1.47 bits per heavy atom. The summed E-state index contributed by atoms with van der Waals surface area (Å²) >= 11 is 0. The first kappa shape index (κ1) is 27.6. The fraction of sp³-hybridized carbons (Fsp3) is 0.0789. The molecule has 1 aliphatic carbocycles. The number of amides is 2. The second-order valence-corrected chi connectivity index (χ2v) is 10.7. The Balaban J connectivity index is 1.20. The van der Waals surface area contributed by atoms with E-state index in [-0.39, 0.29) is 24.0 Å². The van der Waals surface area contributed by atoms with Crippen LogP contribution in [0.25, 0.3) is 17.2 Å². The quantitative estimate of drug-likeness (QED) is 0.148. The molecule has 0 atom stereocenters. The van der Waals surface area contributed by atoms with Gasteiger partial charge < -0.3 is 10.6 Å². The molecule has 210 valence electrons. The van der Waals surface area contributed by atoms with Crippen LogP contribution in [0.5, 0.6) is 0 Å². The van der Waals surface area contributed by atoms with Crippen LogP contribution in [-0.2, 0) is 22.4 Å². The molecule has 0 radical (unpaired) electrons. The summed E-state index contributed by atoms with van der Waals surface area (Å²) in [6.45, 7) is 1.99. The number of ketones is 1. The summed E-state index contributed by atoms with van der Waals surface area (Å²) in [5.41, 5.74) is 9.56. The lowest BCUT2D eigenvalue weighted by molar-refractivity contribution is -0.115. The third kappa shape index (κ3) is 6.36. The normalized spacial score (nSPS) is 11.6. The average molecular weight is 563 g/mol. The maximum absolute atomic E-state index is 13.5. The lowest BCUT2D eigenvalue weighted by atomic mass is 10.0. The zero-order valence-electron chi connectivity index (χ0n) is 23.8. The summed E-state index contributed by atoms with van der Waals surface area (Å²) in [6.07, 6.45) is 4.37. The molecule has 0 saturated heterocycles. The van der Waals surface area contributed by atoms with Gasteiger partial charge in [0.1, 0.15) is 0 Å². The van der Waals surface area contributed by atoms with Crippen LogP contribution in [0.2, 0.25) is 0 Å². The van der Waals surface area contributed by atoms with Crippen molar-refractivity contribution in [2.24, 2.45) is 0 Å². The number of rotatable bonds is 8. The molecule has 5 heteroatoms. The second kappa shape index (κ2) is 12.1. The minimum atomic E-state index is -0.324. The highest BCUT2D eigenvalue weighted by Crippen LogP contribution is 2.37. The van der Waals surface area contributed by atoms with Crippen LogP contribution in [0.4, 0.5) is 11.4 Å². The van der Waals surface area contributed by atoms with Gasteiger partial charge in [-0.1, -0.05) is 96.6 Å². The molecule has 5 nitrogen and oxygen atoms in total. The van der Waals surface area contributed by atoms with Gasteiger partial charge >= 0.3 is 0 Å². The number of hydrogen-bond donors (Lipinski definition) is 2. The number of carbonyl (C=O) groups is 3. The van der Waals surface area contributed by atoms with Crippen molar-refractivity contribution >= 4 is 35.0 Å². The molecule has 0 unspecified atom stereocenters. The summed E-state index contributed by atoms with van der Waals surface area (Å²) in [5, 5.41) is 5.75. The van der Waals surface area contributed by atoms with Crippen molar-refractivity contribution in [1.82, 2.24) is 0 Å². The molecule has 43 heavy (non-hydrogen) atoms. The Morgan fingerprint density at radius 3 is 2.28 bits per heavy atom. The molecule has 2 N–H and O–H groups in total. The van der Waals surface area contributed by atoms with E-state index < -0.39 is 0 Å². The summed E-state index contributed by atoms with van der Waals surface area (Å²) in [6, 6.07) is 36.2. The Morgan fingerprint density at radius 1 is 0.721 bits per heavy atom. The van der Waals surface area contributed by atoms with E-state index in [0.29, 0.717) is 22.5 Å². The van der Waals surface area contributed by atoms with E-state index in [1.807, 2.05) is 49.4 Å². The first-order valence-corrected chi connectivity index (χ1v) is 14.2. The first-order valence-electron chi connectivity index (χ1n) is 14.2. The number of hydrogen-bond acceptors (Lipinski definition) is 3. The van der Waals surface area contributed by atoms with Crippen LogP contribution < -0.4 is 10.6 Å². The Labute approximate surface area is 250 Å². The standard InChI is InChI=1S/C38H30N2O3/c1-25-11-13-27(14-12-25)22-37(42)40-35-19-18-31(24-34(35)38(43)28-7-3-2-4-8-28)39-36(41)20-16-26-15-17-30-23-29-9-5-6-10-32(29)33(30)21-26/h2-21,24H,22-23H2,1H3,(H,39,41)(H,40,42)/b20-16+. The molecule has 0 bridgehead atoms. The number of nitrogens with one attached hydrogen (secondary N) is 2. The third-order valence-corrected chi connectivity index (χ3v) is 7.58. The predicted molar refractivity (Wildman–Crippen MR) is 172 cm³/mol. The molecule has 0 saturated carbocycles. The average Bonchev–Trinajstić information content (AvgIpc) is 3.40. The van der Waals surface area contributed by atoms with Gasteiger partial charge in [0.2, 0.25) is 11.8 Å². The molecule has 0 spiro atoms. The molecule has 5 aromatic rings. The fourth-order valence-electron chi connectivity index (χ4n) is 5.35. The zero-order valence-corrected chi connectivity index (χ0v) is 23.8. The predicted octanol–water partition coefficient (Wildman–Crippen LogP) is 7.63. The van der Waals surface area contributed by atoms with Crippen molar-refractivity contribution < 1.29 is 14.4 Å². The van der Waals surface area contributed by atoms with Crippen molar-refractivity contribution in [3.63, 3.8) is 0 Å². The van der Waals surface area contributed by atoms with Gasteiger partial charge in [-0.3, -0.25) is 14.4 Å². The number of anilines is 2. The maximum Gasteiger partial charge on any atom is 0.248 e. The molecule has 5 aromatic carbocycles. The fourth-order valence-corrected chi connectivity index (χ4v) is 5.35. The van der Waals surface area contributed by atoms with E-state index in [2.05, 4.69) is 41.0 Å². The molecule has 0 fully saturated rings. The van der Waals surface area contributed by atoms with E-state index in [9.17, 15) is 14.4 Å². The topological polar surface area (TPSA) is 75.3 Å². The maximum atomic E-state index is 13.5. The van der Waals surface area contributed by atoms with Crippen LogP contribution in [-0.4, -0.2) is 17.6 Å². The molecular weight excluding hydrogens is 532 g/mol. The molecule has 6 rings (SSSR count). The summed E-state index contributed by atoms with van der Waals surface area (Å²) in [7, 11) is 0. The van der Waals surface area contributed by atoms with Crippen molar-refractivity contribution in [1.29, 1.82) is 0 Å². The highest BCUT2D eigenvalue weighted by molar-refractivity contribution is 6.15. The molecule has 0 aliphatic heterocycles. The van der Waals surface area contributed by atoms with Gasteiger partial charge in [0, 0.05) is 22.9 Å². The Bertz CT molecular complexity index is 1870. The Hall–Kier alpha value is -5.55. The smallest absolute Gasteiger partial charge is 0.248 e. The first-order chi connectivity index (χ1) is 20.9. The third-order valence-electron chi connectivity index (χ3n) is 7.58. The van der Waals surface area contributed by atoms with Crippen molar-refractivity contribution in [3.8, 4) is 11.1 Å². The largest absolute Gasteiger partial charge is 0.325 e. The van der Waals surface area contributed by atoms with E-state index >= 15 is 0 Å². The molecule has 2 amide bonds. The van der Waals surface area contributed by atoms with Crippen LogP contribution in [0.15, 0.2) is 121 Å². The van der Waals surface area contributed by atoms with Gasteiger partial charge in [0.15, 0.2) is 5.78 Å². The Kier molecular flexibility index (Phi) is 7.79. The lowest BCUT2D eigenvalue weighted by Crippen LogP contribution is -2.18. The van der Waals surface area contributed by atoms with Gasteiger partial charge in [-0.15, -0.1) is 0 Å². The number of carbonyl (C=O) groups excluding carboxylic acids is 3. The lowest BCUT2D eigenvalue weighted by Gasteiger charge is -2.13. The highest BCUT2D eigenvalue weighted by atomic mass is 16.2. The number of aryl methyl sites for hydroxylation is 1. The summed E-state index contributed by atoms with van der Waals surface area (Å²) < 4.78 is 0. The van der Waals surface area contributed by atoms with E-state index in [1.165, 1.54) is 28.3 Å². The monoisotopic (exact) mass is 562 g/mol. The molecule has 1 aliphatic rings. The molecular formula is C38H30N2O3. The minimum absolute atomic E-state index is 0.177. The number of fused-ring (bicyclic) bond motifs is 3. The van der Waals surface area contributed by atoms with E-state index in [4.69, 9.17) is 0 Å². The summed E-state index contributed by atoms with van der Waals surface area (Å²) in [5.74, 6) is -0.811. The van der Waals surface area contributed by atoms with Gasteiger partial charge in [0.05, 0.1) is 12.1 Å². The molecule has 0 aromatic heterocycles. The van der Waals surface area contributed by atoms with Crippen molar-refractivity contribution in [2.45, 2.75) is 19.8 Å².